The van der Waals surface area contributed by atoms with Crippen molar-refractivity contribution in [3.63, 3.8) is 0 Å². The molecule has 0 spiro atoms. The zero-order valence-electron chi connectivity index (χ0n) is 72.9. The zero-order valence-corrected chi connectivity index (χ0v) is 73.8. The van der Waals surface area contributed by atoms with Crippen molar-refractivity contribution in [3.8, 4) is 5.75 Å². The SMILES string of the molecule is CC[C@H](C)[C@H](NC(=O)[C@@H]1CCCN1C(=O)[C@H](C)NC(=O)[C@H](CC(N)=O)NC(=O)[C@@H](NC(=O)[C@H](CCC(=O)O)NC(=O)[C@H](CS)NC(=O)[C@H](CC(=O)O)NC(=O)[C@H](Cc1ccc(O)cc1)NC(=O)[C@H](CO)NC(=O)[C@@H](N)[C@@H](C)O)C(C)C)C(=O)N[C@@H](CCC(N)=O)C(=O)NCC(=O)N[C@@H](CO)C(=O)N[C@@H](CCCNC(=N)N)C(=O)N[C@@H](CC(N)=O)C(=O)N[C@@H](CC(C)C)C(=O)O. The number of nitrogens with one attached hydrogen (secondary N) is 17. The van der Waals surface area contributed by atoms with Gasteiger partial charge in [0.05, 0.1) is 45.1 Å². The first-order chi connectivity index (χ1) is 60.8. The Morgan fingerprint density at radius 1 is 0.485 bits per heavy atom. The minimum Gasteiger partial charge on any atom is -0.508 e. The van der Waals surface area contributed by atoms with Crippen LogP contribution in [-0.4, -0.2) is 318 Å². The van der Waals surface area contributed by atoms with Crippen LogP contribution in [0.25, 0.3) is 0 Å². The first-order valence-corrected chi connectivity index (χ1v) is 41.9. The Hall–Kier alpha value is -13.2. The van der Waals surface area contributed by atoms with E-state index in [1.807, 2.05) is 0 Å². The monoisotopic (exact) mass is 1870 g/mol. The van der Waals surface area contributed by atoms with Gasteiger partial charge in [-0.25, -0.2) is 4.79 Å². The number of hydrogen-bond acceptors (Lipinski definition) is 29. The summed E-state index contributed by atoms with van der Waals surface area (Å²) in [6, 6.07) is -22.5. The molecule has 1 saturated heterocycles. The molecule has 130 heavy (non-hydrogen) atoms. The largest absolute Gasteiger partial charge is 0.508 e. The van der Waals surface area contributed by atoms with E-state index in [2.05, 4.69) is 97.7 Å². The van der Waals surface area contributed by atoms with Crippen molar-refractivity contribution >= 4 is 149 Å². The lowest BCUT2D eigenvalue weighted by Gasteiger charge is -2.31. The molecule has 0 saturated carbocycles. The lowest BCUT2D eigenvalue weighted by Crippen LogP contribution is -2.62. The minimum atomic E-state index is -2.10. The van der Waals surface area contributed by atoms with Gasteiger partial charge in [-0.2, -0.15) is 12.6 Å². The number of aliphatic hydroxyl groups is 3. The highest BCUT2D eigenvalue weighted by molar-refractivity contribution is 7.80. The number of guanidine groups is 1. The molecule has 1 heterocycles. The number of aromatic hydroxyl groups is 1. The van der Waals surface area contributed by atoms with E-state index < -0.39 is 328 Å². The van der Waals surface area contributed by atoms with Crippen molar-refractivity contribution in [1.82, 2.24) is 90.0 Å². The lowest BCUT2D eigenvalue weighted by molar-refractivity contribution is -0.143. The molecule has 34 N–H and O–H groups in total. The Labute approximate surface area is 751 Å². The molecule has 726 valence electrons. The quantitative estimate of drug-likeness (QED) is 0.0125. The zero-order chi connectivity index (χ0) is 98.8. The number of amides is 19. The van der Waals surface area contributed by atoms with Crippen LogP contribution in [0.5, 0.6) is 5.75 Å². The van der Waals surface area contributed by atoms with Gasteiger partial charge in [0.1, 0.15) is 102 Å². The van der Waals surface area contributed by atoms with Gasteiger partial charge in [0, 0.05) is 38.1 Å². The highest BCUT2D eigenvalue weighted by atomic mass is 32.1. The number of carboxylic acids is 3. The molecule has 1 aromatic rings. The Balaban J connectivity index is 2.35. The number of rotatable bonds is 59. The Kier molecular flexibility index (Phi) is 48.8. The average Bonchev–Trinajstić information content (AvgIpc) is 1.68. The normalized spacial score (nSPS) is 16.2. The summed E-state index contributed by atoms with van der Waals surface area (Å²) < 4.78 is 0. The molecule has 1 aliphatic rings. The highest BCUT2D eigenvalue weighted by Crippen LogP contribution is 2.22. The van der Waals surface area contributed by atoms with Crippen molar-refractivity contribution in [1.29, 1.82) is 5.41 Å². The van der Waals surface area contributed by atoms with Crippen LogP contribution < -0.4 is 114 Å². The molecule has 1 aliphatic heterocycles. The van der Waals surface area contributed by atoms with Crippen LogP contribution in [0.3, 0.4) is 0 Å². The molecule has 0 bridgehead atoms. The van der Waals surface area contributed by atoms with Crippen LogP contribution in [0.15, 0.2) is 24.3 Å². The van der Waals surface area contributed by atoms with Gasteiger partial charge >= 0.3 is 17.9 Å². The van der Waals surface area contributed by atoms with Gasteiger partial charge in [-0.1, -0.05) is 60.1 Å². The first-order valence-electron chi connectivity index (χ1n) is 41.3. The number of primary amides is 3. The molecule has 1 fully saturated rings. The minimum absolute atomic E-state index is 0.0199. The molecule has 1 aromatic carbocycles. The molecule has 0 unspecified atom stereocenters. The van der Waals surface area contributed by atoms with Crippen LogP contribution in [0.4, 0.5) is 0 Å². The molecule has 2 rings (SSSR count). The van der Waals surface area contributed by atoms with Crippen LogP contribution in [-0.2, 0) is 112 Å². The topological polar surface area (TPSA) is 867 Å². The molecule has 0 aliphatic carbocycles. The number of benzene rings is 1. The predicted molar refractivity (Wildman–Crippen MR) is 456 cm³/mol. The summed E-state index contributed by atoms with van der Waals surface area (Å²) in [5.74, 6) is -29.8. The summed E-state index contributed by atoms with van der Waals surface area (Å²) in [6.07, 6.45) is -7.56. The number of aliphatic hydroxyl groups excluding tert-OH is 3. The number of phenolic OH excluding ortho intramolecular Hbond substituents is 1. The van der Waals surface area contributed by atoms with Crippen LogP contribution >= 0.6 is 12.6 Å². The number of aliphatic carboxylic acids is 3. The van der Waals surface area contributed by atoms with Gasteiger partial charge < -0.3 is 154 Å². The number of carbonyl (C=O) groups excluding carboxylic acids is 19. The standard InChI is InChI=1S/C77H123N23O29S/c1-9-35(6)60(74(126)90-41(18-20-52(78)105)61(113)85-29-55(108)87-48(30-101)68(120)88-40(12-10-22-84-77(82)83)62(114)92-45(27-54(80)107)66(118)95-47(76(128)129)24-33(2)3)99-71(123)51-13-11-23-100(51)75(127)36(7)86-64(116)44(26-53(79)106)94-73(125)59(34(4)5)98-63(115)42(19-21-56(109)110)89-70(122)50(32-130)97-67(119)46(28-57(111)112)93-65(117)43(25-38-14-16-39(104)17-15-38)91-69(121)49(31-102)96-72(124)58(81)37(8)103/h14-17,33-37,40-51,58-60,101-104,130H,9-13,18-32,81H2,1-8H3,(H2,78,105)(H2,79,106)(H2,80,107)(H,85,113)(H,86,116)(H,87,108)(H,88,120)(H,89,122)(H,90,126)(H,91,121)(H,92,114)(H,93,117)(H,94,125)(H,95,118)(H,96,124)(H,97,119)(H,98,115)(H,99,123)(H,109,110)(H,111,112)(H,128,129)(H4,82,83,84)/t35-,36-,37+,40-,41-,42-,43-,44-,45-,46-,47-,48-,49-,50-,51-,58-,59-,60-/m0/s1. The molecule has 52 nitrogen and oxygen atoms in total. The fourth-order valence-electron chi connectivity index (χ4n) is 12.6. The number of carbonyl (C=O) groups is 22. The third-order valence-corrected chi connectivity index (χ3v) is 20.3. The second kappa shape index (κ2) is 56.2. The summed E-state index contributed by atoms with van der Waals surface area (Å²) in [5.41, 5.74) is 27.5. The highest BCUT2D eigenvalue weighted by Gasteiger charge is 2.43. The van der Waals surface area contributed by atoms with E-state index in [0.717, 1.165) is 11.8 Å². The fraction of sp³-hybridized carbons (Fsp3) is 0.623. The second-order valence-electron chi connectivity index (χ2n) is 31.5. The third kappa shape index (κ3) is 40.0. The smallest absolute Gasteiger partial charge is 0.326 e. The van der Waals surface area contributed by atoms with E-state index in [9.17, 15) is 141 Å². The maximum Gasteiger partial charge on any atom is 0.326 e. The van der Waals surface area contributed by atoms with Crippen molar-refractivity contribution < 1.29 is 141 Å². The van der Waals surface area contributed by atoms with Crippen LogP contribution in [0.1, 0.15) is 144 Å². The van der Waals surface area contributed by atoms with Crippen molar-refractivity contribution in [2.75, 3.05) is 38.6 Å². The van der Waals surface area contributed by atoms with Crippen molar-refractivity contribution in [3.05, 3.63) is 29.8 Å². The summed E-state index contributed by atoms with van der Waals surface area (Å²) in [5, 5.41) is 113. The van der Waals surface area contributed by atoms with Crippen LogP contribution in [0, 0.1) is 23.2 Å². The van der Waals surface area contributed by atoms with E-state index in [1.54, 1.807) is 20.8 Å². The van der Waals surface area contributed by atoms with E-state index in [4.69, 9.17) is 34.1 Å². The Bertz CT molecular complexity index is 4200. The Morgan fingerprint density at radius 3 is 1.42 bits per heavy atom. The number of carboxylic acid groups (broad SMARTS) is 3. The number of phenols is 1. The summed E-state index contributed by atoms with van der Waals surface area (Å²) in [6.45, 7) is 8.21. The predicted octanol–water partition coefficient (Wildman–Crippen LogP) is -12.1. The lowest BCUT2D eigenvalue weighted by atomic mass is 9.97. The van der Waals surface area contributed by atoms with Gasteiger partial charge in [-0.3, -0.25) is 106 Å². The van der Waals surface area contributed by atoms with Crippen LogP contribution in [0.2, 0.25) is 0 Å². The second-order valence-corrected chi connectivity index (χ2v) is 31.8. The maximum atomic E-state index is 14.3. The molecule has 18 atom stereocenters. The van der Waals surface area contributed by atoms with Gasteiger partial charge in [0.2, 0.25) is 112 Å². The number of thiol groups is 1. The molecular weight excluding hydrogens is 1740 g/mol. The third-order valence-electron chi connectivity index (χ3n) is 19.9. The molecular formula is C77H123N23O29S. The molecule has 53 heteroatoms. The summed E-state index contributed by atoms with van der Waals surface area (Å²) >= 11 is 4.11. The van der Waals surface area contributed by atoms with Gasteiger partial charge in [-0.15, -0.1) is 0 Å². The van der Waals surface area contributed by atoms with Gasteiger partial charge in [0.15, 0.2) is 5.96 Å². The molecule has 19 amide bonds. The van der Waals surface area contributed by atoms with Crippen molar-refractivity contribution in [2.45, 2.75) is 248 Å². The van der Waals surface area contributed by atoms with E-state index in [1.165, 1.54) is 52.0 Å². The van der Waals surface area contributed by atoms with E-state index >= 15 is 0 Å². The summed E-state index contributed by atoms with van der Waals surface area (Å²) in [4.78, 5) is 295. The fourth-order valence-corrected chi connectivity index (χ4v) is 12.8. The summed E-state index contributed by atoms with van der Waals surface area (Å²) in [7, 11) is 0. The van der Waals surface area contributed by atoms with Gasteiger partial charge in [0.25, 0.3) is 0 Å². The Morgan fingerprint density at radius 2 is 0.923 bits per heavy atom. The molecule has 0 aromatic heterocycles. The molecule has 0 radical (unpaired) electrons. The number of hydrogen-bond donors (Lipinski definition) is 30. The van der Waals surface area contributed by atoms with Crippen molar-refractivity contribution in [2.24, 2.45) is 46.4 Å². The number of nitrogens with two attached hydrogens (primary N) is 5. The maximum absolute atomic E-state index is 14.3. The number of nitrogens with zero attached hydrogens (tertiary/aromatic N) is 1. The van der Waals surface area contributed by atoms with E-state index in [0.29, 0.717) is 0 Å². The van der Waals surface area contributed by atoms with E-state index in [-0.39, 0.29) is 68.8 Å². The van der Waals surface area contributed by atoms with Gasteiger partial charge in [-0.05, 0) is 94.2 Å². The average molecular weight is 1870 g/mol. The first kappa shape index (κ1) is 113. The number of likely N-dealkylation sites (tertiary alicyclic amines) is 1.